The van der Waals surface area contributed by atoms with Crippen LogP contribution in [0, 0.1) is 12.8 Å². The molecule has 1 aliphatic rings. The molecule has 2 atom stereocenters. The van der Waals surface area contributed by atoms with Gasteiger partial charge >= 0.3 is 0 Å². The molecule has 5 heteroatoms. The number of hydrogen-bond acceptors (Lipinski definition) is 4. The van der Waals surface area contributed by atoms with Gasteiger partial charge in [0.2, 0.25) is 0 Å². The zero-order valence-electron chi connectivity index (χ0n) is 12.8. The highest BCUT2D eigenvalue weighted by Gasteiger charge is 2.26. The first-order valence-corrected chi connectivity index (χ1v) is 7.82. The van der Waals surface area contributed by atoms with Gasteiger partial charge in [0, 0.05) is 11.3 Å². The molecule has 1 heterocycles. The third-order valence-electron chi connectivity index (χ3n) is 4.74. The van der Waals surface area contributed by atoms with E-state index in [0.29, 0.717) is 12.0 Å². The van der Waals surface area contributed by atoms with E-state index in [2.05, 4.69) is 28.5 Å². The summed E-state index contributed by atoms with van der Waals surface area (Å²) in [6.07, 6.45) is 6.28. The summed E-state index contributed by atoms with van der Waals surface area (Å²) in [5, 5.41) is 12.5. The maximum absolute atomic E-state index is 6.03. The van der Waals surface area contributed by atoms with Crippen molar-refractivity contribution < 1.29 is 0 Å². The van der Waals surface area contributed by atoms with E-state index in [1.54, 1.807) is 0 Å². The smallest absolute Gasteiger partial charge is 0.182 e. The summed E-state index contributed by atoms with van der Waals surface area (Å²) in [6.45, 7) is 4.34. The molecular weight excluding hydrogens is 262 g/mol. The van der Waals surface area contributed by atoms with Crippen LogP contribution in [0.5, 0.6) is 0 Å². The molecule has 3 rings (SSSR count). The maximum atomic E-state index is 6.03. The predicted molar refractivity (Wildman–Crippen MR) is 83.7 cm³/mol. The Morgan fingerprint density at radius 3 is 2.86 bits per heavy atom. The van der Waals surface area contributed by atoms with Gasteiger partial charge in [-0.1, -0.05) is 38.3 Å². The van der Waals surface area contributed by atoms with E-state index in [0.717, 1.165) is 29.1 Å². The van der Waals surface area contributed by atoms with Gasteiger partial charge in [0.25, 0.3) is 0 Å². The summed E-state index contributed by atoms with van der Waals surface area (Å²) >= 11 is 0. The van der Waals surface area contributed by atoms with E-state index in [-0.39, 0.29) is 0 Å². The van der Waals surface area contributed by atoms with Crippen LogP contribution in [0.2, 0.25) is 0 Å². The fraction of sp³-hybridized carbons (Fsp3) is 0.562. The molecule has 1 aromatic heterocycles. The minimum atomic E-state index is 0.387. The molecule has 0 bridgehead atoms. The molecule has 1 aliphatic carbocycles. The van der Waals surface area contributed by atoms with E-state index < -0.39 is 0 Å². The number of aromatic nitrogens is 4. The molecule has 0 spiro atoms. The van der Waals surface area contributed by atoms with E-state index in [4.69, 9.17) is 5.73 Å². The van der Waals surface area contributed by atoms with Crippen molar-refractivity contribution in [2.45, 2.75) is 52.0 Å². The molecule has 0 amide bonds. The molecule has 112 valence electrons. The lowest BCUT2D eigenvalue weighted by Gasteiger charge is -2.22. The first-order chi connectivity index (χ1) is 10.2. The Bertz CT molecular complexity index is 619. The van der Waals surface area contributed by atoms with Crippen molar-refractivity contribution in [1.82, 2.24) is 20.2 Å². The molecule has 5 nitrogen and oxygen atoms in total. The highest BCUT2D eigenvalue weighted by Crippen LogP contribution is 2.35. The molecule has 2 N–H and O–H groups in total. The lowest BCUT2D eigenvalue weighted by atomic mass is 9.96. The quantitative estimate of drug-likeness (QED) is 0.678. The van der Waals surface area contributed by atoms with Crippen molar-refractivity contribution in [3.05, 3.63) is 23.8 Å². The second-order valence-corrected chi connectivity index (χ2v) is 6.15. The van der Waals surface area contributed by atoms with Crippen molar-refractivity contribution in [3.63, 3.8) is 0 Å². The summed E-state index contributed by atoms with van der Waals surface area (Å²) in [6, 6.07) is 6.32. The fourth-order valence-electron chi connectivity index (χ4n) is 3.33. The second kappa shape index (κ2) is 5.84. The Morgan fingerprint density at radius 2 is 2.00 bits per heavy atom. The summed E-state index contributed by atoms with van der Waals surface area (Å²) in [4.78, 5) is 0. The first-order valence-electron chi connectivity index (χ1n) is 7.82. The number of hydrogen-bond donors (Lipinski definition) is 1. The van der Waals surface area contributed by atoms with Crippen molar-refractivity contribution in [3.8, 4) is 11.4 Å². The standard InChI is InChI=1S/C16H23N5/c1-11-7-4-3-5-10-15(11)21-16(18-19-20-21)13-8-6-9-14(17)12(13)2/h6,8-9,11,15H,3-5,7,10,17H2,1-2H3. The van der Waals surface area contributed by atoms with E-state index in [1.807, 2.05) is 23.7 Å². The zero-order chi connectivity index (χ0) is 14.8. The molecule has 0 radical (unpaired) electrons. The molecule has 0 aliphatic heterocycles. The van der Waals surface area contributed by atoms with Crippen molar-refractivity contribution in [2.24, 2.45) is 5.92 Å². The van der Waals surface area contributed by atoms with Crippen LogP contribution >= 0.6 is 0 Å². The van der Waals surface area contributed by atoms with Crippen LogP contribution in [-0.4, -0.2) is 20.2 Å². The van der Waals surface area contributed by atoms with Gasteiger partial charge in [-0.25, -0.2) is 4.68 Å². The number of tetrazole rings is 1. The molecule has 1 aromatic carbocycles. The first kappa shape index (κ1) is 14.0. The fourth-order valence-corrected chi connectivity index (χ4v) is 3.33. The Balaban J connectivity index is 2.02. The Labute approximate surface area is 125 Å². The van der Waals surface area contributed by atoms with Crippen molar-refractivity contribution >= 4 is 5.69 Å². The van der Waals surface area contributed by atoms with Gasteiger partial charge in [-0.05, 0) is 47.7 Å². The number of anilines is 1. The monoisotopic (exact) mass is 285 g/mol. The number of benzene rings is 1. The predicted octanol–water partition coefficient (Wildman–Crippen LogP) is 3.37. The van der Waals surface area contributed by atoms with Crippen LogP contribution in [0.3, 0.4) is 0 Å². The SMILES string of the molecule is Cc1c(N)cccc1-c1nnnn1C1CCCCCC1C. The average Bonchev–Trinajstić information content (AvgIpc) is 2.84. The Hall–Kier alpha value is -1.91. The van der Waals surface area contributed by atoms with Gasteiger partial charge in [-0.15, -0.1) is 5.10 Å². The molecule has 21 heavy (non-hydrogen) atoms. The van der Waals surface area contributed by atoms with Crippen molar-refractivity contribution in [1.29, 1.82) is 0 Å². The number of nitrogen functional groups attached to an aromatic ring is 1. The molecule has 2 unspecified atom stereocenters. The van der Waals surface area contributed by atoms with Gasteiger partial charge in [0.1, 0.15) is 0 Å². The summed E-state index contributed by atoms with van der Waals surface area (Å²) in [7, 11) is 0. The van der Waals surface area contributed by atoms with E-state index >= 15 is 0 Å². The lowest BCUT2D eigenvalue weighted by Crippen LogP contribution is -2.19. The van der Waals surface area contributed by atoms with Crippen LogP contribution < -0.4 is 5.73 Å². The van der Waals surface area contributed by atoms with E-state index in [9.17, 15) is 0 Å². The van der Waals surface area contributed by atoms with Gasteiger partial charge in [-0.3, -0.25) is 0 Å². The molecule has 0 saturated heterocycles. The molecular formula is C16H23N5. The van der Waals surface area contributed by atoms with Crippen LogP contribution in [-0.2, 0) is 0 Å². The number of rotatable bonds is 2. The van der Waals surface area contributed by atoms with Crippen LogP contribution in [0.25, 0.3) is 11.4 Å². The van der Waals surface area contributed by atoms with Gasteiger partial charge < -0.3 is 5.73 Å². The lowest BCUT2D eigenvalue weighted by molar-refractivity contribution is 0.306. The van der Waals surface area contributed by atoms with Crippen LogP contribution in [0.15, 0.2) is 18.2 Å². The topological polar surface area (TPSA) is 69.6 Å². The summed E-state index contributed by atoms with van der Waals surface area (Å²) < 4.78 is 2.03. The largest absolute Gasteiger partial charge is 0.398 e. The summed E-state index contributed by atoms with van der Waals surface area (Å²) in [5.41, 5.74) is 8.91. The molecule has 1 fully saturated rings. The zero-order valence-corrected chi connectivity index (χ0v) is 12.8. The highest BCUT2D eigenvalue weighted by atomic mass is 15.5. The minimum Gasteiger partial charge on any atom is -0.398 e. The summed E-state index contributed by atoms with van der Waals surface area (Å²) in [5.74, 6) is 1.45. The normalized spacial score (nSPS) is 23.0. The van der Waals surface area contributed by atoms with Crippen LogP contribution in [0.1, 0.15) is 50.6 Å². The maximum Gasteiger partial charge on any atom is 0.182 e. The third kappa shape index (κ3) is 2.64. The third-order valence-corrected chi connectivity index (χ3v) is 4.74. The van der Waals surface area contributed by atoms with Gasteiger partial charge in [0.05, 0.1) is 6.04 Å². The Morgan fingerprint density at radius 1 is 1.19 bits per heavy atom. The average molecular weight is 285 g/mol. The Kier molecular flexibility index (Phi) is 3.90. The van der Waals surface area contributed by atoms with Crippen molar-refractivity contribution in [2.75, 3.05) is 5.73 Å². The van der Waals surface area contributed by atoms with Gasteiger partial charge in [-0.2, -0.15) is 0 Å². The second-order valence-electron chi connectivity index (χ2n) is 6.15. The molecule has 2 aromatic rings. The van der Waals surface area contributed by atoms with E-state index in [1.165, 1.54) is 25.7 Å². The highest BCUT2D eigenvalue weighted by molar-refractivity contribution is 5.67. The molecule has 1 saturated carbocycles. The van der Waals surface area contributed by atoms with Gasteiger partial charge in [0.15, 0.2) is 5.82 Å². The number of nitrogens with zero attached hydrogens (tertiary/aromatic N) is 4. The number of nitrogens with two attached hydrogens (primary N) is 1. The van der Waals surface area contributed by atoms with Crippen LogP contribution in [0.4, 0.5) is 5.69 Å². The minimum absolute atomic E-state index is 0.387.